The molecular weight excluding hydrogens is 194 g/mol. The van der Waals surface area contributed by atoms with Gasteiger partial charge in [-0.1, -0.05) is 38.1 Å². The van der Waals surface area contributed by atoms with Crippen LogP contribution >= 0.6 is 0 Å². The molecular formula is C15H23N. The van der Waals surface area contributed by atoms with E-state index in [1.54, 1.807) is 0 Å². The first kappa shape index (κ1) is 11.7. The SMILES string of the molecule is CC(C)C(C)NCc1ccc(C2CC2)cc1. The van der Waals surface area contributed by atoms with Gasteiger partial charge in [0.25, 0.3) is 0 Å². The van der Waals surface area contributed by atoms with Crippen molar-refractivity contribution < 1.29 is 0 Å². The Hall–Kier alpha value is -0.820. The smallest absolute Gasteiger partial charge is 0.0208 e. The zero-order valence-electron chi connectivity index (χ0n) is 10.7. The normalized spacial score (nSPS) is 17.8. The lowest BCUT2D eigenvalue weighted by molar-refractivity contribution is 0.426. The Morgan fingerprint density at radius 1 is 1.12 bits per heavy atom. The predicted molar refractivity (Wildman–Crippen MR) is 69.6 cm³/mol. The maximum atomic E-state index is 3.56. The fraction of sp³-hybridized carbons (Fsp3) is 0.600. The van der Waals surface area contributed by atoms with Gasteiger partial charge in [0.15, 0.2) is 0 Å². The minimum absolute atomic E-state index is 0.586. The summed E-state index contributed by atoms with van der Waals surface area (Å²) in [6.45, 7) is 7.76. The highest BCUT2D eigenvalue weighted by Crippen LogP contribution is 2.39. The van der Waals surface area contributed by atoms with Crippen LogP contribution in [0.3, 0.4) is 0 Å². The van der Waals surface area contributed by atoms with Crippen LogP contribution < -0.4 is 5.32 Å². The third kappa shape index (κ3) is 3.08. The van der Waals surface area contributed by atoms with E-state index >= 15 is 0 Å². The standard InChI is InChI=1S/C15H23N/c1-11(2)12(3)16-10-13-4-6-14(7-5-13)15-8-9-15/h4-7,11-12,15-16H,8-10H2,1-3H3. The van der Waals surface area contributed by atoms with Crippen LogP contribution in [0, 0.1) is 5.92 Å². The third-order valence-corrected chi connectivity index (χ3v) is 3.66. The van der Waals surface area contributed by atoms with Gasteiger partial charge in [0.05, 0.1) is 0 Å². The number of hydrogen-bond acceptors (Lipinski definition) is 1. The van der Waals surface area contributed by atoms with Crippen molar-refractivity contribution in [2.75, 3.05) is 0 Å². The molecule has 2 rings (SSSR count). The summed E-state index contributed by atoms with van der Waals surface area (Å²) in [6.07, 6.45) is 2.78. The molecule has 0 saturated heterocycles. The van der Waals surface area contributed by atoms with Gasteiger partial charge in [-0.15, -0.1) is 0 Å². The predicted octanol–water partition coefficient (Wildman–Crippen LogP) is 3.70. The van der Waals surface area contributed by atoms with Crippen LogP contribution in [0.2, 0.25) is 0 Å². The molecule has 0 heterocycles. The fourth-order valence-electron chi connectivity index (χ4n) is 1.84. The molecule has 0 amide bonds. The van der Waals surface area contributed by atoms with Crippen molar-refractivity contribution in [1.29, 1.82) is 0 Å². The van der Waals surface area contributed by atoms with Crippen molar-refractivity contribution in [2.45, 2.75) is 52.1 Å². The average Bonchev–Trinajstić information content (AvgIpc) is 3.10. The van der Waals surface area contributed by atoms with Gasteiger partial charge >= 0.3 is 0 Å². The fourth-order valence-corrected chi connectivity index (χ4v) is 1.84. The molecule has 1 N–H and O–H groups in total. The topological polar surface area (TPSA) is 12.0 Å². The Morgan fingerprint density at radius 2 is 1.75 bits per heavy atom. The Kier molecular flexibility index (Phi) is 3.65. The van der Waals surface area contributed by atoms with E-state index in [-0.39, 0.29) is 0 Å². The Labute approximate surface area is 99.3 Å². The minimum Gasteiger partial charge on any atom is -0.310 e. The largest absolute Gasteiger partial charge is 0.310 e. The molecule has 0 aliphatic heterocycles. The quantitative estimate of drug-likeness (QED) is 0.793. The van der Waals surface area contributed by atoms with Crippen LogP contribution in [0.1, 0.15) is 50.7 Å². The van der Waals surface area contributed by atoms with Gasteiger partial charge in [-0.25, -0.2) is 0 Å². The second-order valence-corrected chi connectivity index (χ2v) is 5.43. The van der Waals surface area contributed by atoms with E-state index < -0.39 is 0 Å². The van der Waals surface area contributed by atoms with Crippen LogP contribution in [-0.2, 0) is 6.54 Å². The summed E-state index contributed by atoms with van der Waals surface area (Å²) < 4.78 is 0. The van der Waals surface area contributed by atoms with Crippen LogP contribution in [0.15, 0.2) is 24.3 Å². The molecule has 0 spiro atoms. The van der Waals surface area contributed by atoms with E-state index in [2.05, 4.69) is 50.4 Å². The maximum Gasteiger partial charge on any atom is 0.0208 e. The lowest BCUT2D eigenvalue weighted by Crippen LogP contribution is -2.30. The summed E-state index contributed by atoms with van der Waals surface area (Å²) in [7, 11) is 0. The molecule has 16 heavy (non-hydrogen) atoms. The molecule has 1 heteroatoms. The molecule has 1 aliphatic rings. The lowest BCUT2D eigenvalue weighted by Gasteiger charge is -2.17. The molecule has 1 saturated carbocycles. The number of benzene rings is 1. The molecule has 1 aromatic carbocycles. The van der Waals surface area contributed by atoms with E-state index in [4.69, 9.17) is 0 Å². The molecule has 1 aliphatic carbocycles. The van der Waals surface area contributed by atoms with Gasteiger partial charge in [-0.05, 0) is 42.7 Å². The molecule has 1 fully saturated rings. The minimum atomic E-state index is 0.586. The lowest BCUT2D eigenvalue weighted by atomic mass is 10.1. The van der Waals surface area contributed by atoms with Gasteiger partial charge in [0, 0.05) is 12.6 Å². The van der Waals surface area contributed by atoms with Crippen molar-refractivity contribution in [2.24, 2.45) is 5.92 Å². The first-order chi connectivity index (χ1) is 7.66. The first-order valence-electron chi connectivity index (χ1n) is 6.49. The first-order valence-corrected chi connectivity index (χ1v) is 6.49. The van der Waals surface area contributed by atoms with Crippen LogP contribution in [0.4, 0.5) is 0 Å². The summed E-state index contributed by atoms with van der Waals surface area (Å²) in [5, 5.41) is 3.56. The molecule has 1 atom stereocenters. The summed E-state index contributed by atoms with van der Waals surface area (Å²) in [5.74, 6) is 1.57. The Balaban J connectivity index is 1.85. The van der Waals surface area contributed by atoms with Crippen LogP contribution in [0.5, 0.6) is 0 Å². The number of nitrogens with one attached hydrogen (secondary N) is 1. The molecule has 88 valence electrons. The molecule has 1 unspecified atom stereocenters. The van der Waals surface area contributed by atoms with E-state index in [0.717, 1.165) is 12.5 Å². The van der Waals surface area contributed by atoms with Crippen molar-refractivity contribution in [3.05, 3.63) is 35.4 Å². The Bertz CT molecular complexity index is 322. The molecule has 0 aromatic heterocycles. The van der Waals surface area contributed by atoms with Gasteiger partial charge in [0.2, 0.25) is 0 Å². The maximum absolute atomic E-state index is 3.56. The van der Waals surface area contributed by atoms with Crippen molar-refractivity contribution in [1.82, 2.24) is 5.32 Å². The Morgan fingerprint density at radius 3 is 2.25 bits per heavy atom. The second kappa shape index (κ2) is 5.01. The van der Waals surface area contributed by atoms with Crippen molar-refractivity contribution in [3.8, 4) is 0 Å². The molecule has 1 nitrogen and oxygen atoms in total. The second-order valence-electron chi connectivity index (χ2n) is 5.43. The summed E-state index contributed by atoms with van der Waals surface area (Å²) >= 11 is 0. The number of rotatable bonds is 5. The van der Waals surface area contributed by atoms with Crippen molar-refractivity contribution in [3.63, 3.8) is 0 Å². The molecule has 0 bridgehead atoms. The zero-order valence-corrected chi connectivity index (χ0v) is 10.7. The zero-order chi connectivity index (χ0) is 11.5. The van der Waals surface area contributed by atoms with E-state index in [1.165, 1.54) is 24.0 Å². The summed E-state index contributed by atoms with van der Waals surface area (Å²) in [6, 6.07) is 9.73. The van der Waals surface area contributed by atoms with Gasteiger partial charge in [0.1, 0.15) is 0 Å². The highest BCUT2D eigenvalue weighted by atomic mass is 14.9. The summed E-state index contributed by atoms with van der Waals surface area (Å²) in [5.41, 5.74) is 2.93. The molecule has 0 radical (unpaired) electrons. The van der Waals surface area contributed by atoms with E-state index in [9.17, 15) is 0 Å². The van der Waals surface area contributed by atoms with E-state index in [1.807, 2.05) is 0 Å². The monoisotopic (exact) mass is 217 g/mol. The average molecular weight is 217 g/mol. The van der Waals surface area contributed by atoms with Gasteiger partial charge in [-0.2, -0.15) is 0 Å². The van der Waals surface area contributed by atoms with E-state index in [0.29, 0.717) is 12.0 Å². The molecule has 1 aromatic rings. The van der Waals surface area contributed by atoms with Crippen molar-refractivity contribution >= 4 is 0 Å². The third-order valence-electron chi connectivity index (χ3n) is 3.66. The number of hydrogen-bond donors (Lipinski definition) is 1. The van der Waals surface area contributed by atoms with Gasteiger partial charge in [-0.3, -0.25) is 0 Å². The highest BCUT2D eigenvalue weighted by molar-refractivity contribution is 5.27. The summed E-state index contributed by atoms with van der Waals surface area (Å²) in [4.78, 5) is 0. The van der Waals surface area contributed by atoms with Gasteiger partial charge < -0.3 is 5.32 Å². The highest BCUT2D eigenvalue weighted by Gasteiger charge is 2.22. The van der Waals surface area contributed by atoms with Crippen LogP contribution in [-0.4, -0.2) is 6.04 Å². The van der Waals surface area contributed by atoms with Crippen LogP contribution in [0.25, 0.3) is 0 Å².